The first-order valence-electron chi connectivity index (χ1n) is 7.73. The van der Waals surface area contributed by atoms with Crippen LogP contribution in [0.5, 0.6) is 0 Å². The molecule has 0 spiro atoms. The Bertz CT molecular complexity index is 418. The summed E-state index contributed by atoms with van der Waals surface area (Å²) >= 11 is 0. The highest BCUT2D eigenvalue weighted by Gasteiger charge is 2.31. The first kappa shape index (κ1) is 15.0. The van der Waals surface area contributed by atoms with Gasteiger partial charge in [-0.05, 0) is 50.3 Å². The third-order valence-electron chi connectivity index (χ3n) is 4.38. The third kappa shape index (κ3) is 3.83. The Morgan fingerprint density at radius 2 is 2.15 bits per heavy atom. The number of carbonyl (C=O) groups is 1. The molecule has 2 atom stereocenters. The summed E-state index contributed by atoms with van der Waals surface area (Å²) in [5, 5.41) is 8.77. The van der Waals surface area contributed by atoms with Crippen LogP contribution in [0.25, 0.3) is 0 Å². The maximum Gasteiger partial charge on any atom is 0.303 e. The molecule has 0 amide bonds. The van der Waals surface area contributed by atoms with Gasteiger partial charge in [-0.2, -0.15) is 0 Å². The first-order chi connectivity index (χ1) is 9.72. The lowest BCUT2D eigenvalue weighted by Crippen LogP contribution is -2.35. The molecule has 1 fully saturated rings. The average molecular weight is 275 g/mol. The quantitative estimate of drug-likeness (QED) is 0.828. The van der Waals surface area contributed by atoms with Crippen molar-refractivity contribution in [2.45, 2.75) is 51.0 Å². The maximum atomic E-state index is 10.6. The summed E-state index contributed by atoms with van der Waals surface area (Å²) in [6.07, 6.45) is 4.66. The van der Waals surface area contributed by atoms with Crippen molar-refractivity contribution < 1.29 is 9.90 Å². The summed E-state index contributed by atoms with van der Waals surface area (Å²) in [5.41, 5.74) is 1.42. The van der Waals surface area contributed by atoms with Crippen LogP contribution in [0.4, 0.5) is 0 Å². The first-order valence-corrected chi connectivity index (χ1v) is 7.73. The van der Waals surface area contributed by atoms with E-state index < -0.39 is 5.97 Å². The smallest absolute Gasteiger partial charge is 0.303 e. The molecule has 1 aromatic carbocycles. The molecule has 0 aliphatic carbocycles. The Labute approximate surface area is 121 Å². The molecule has 110 valence electrons. The summed E-state index contributed by atoms with van der Waals surface area (Å²) in [6.45, 7) is 4.29. The summed E-state index contributed by atoms with van der Waals surface area (Å²) < 4.78 is 0. The molecule has 1 aromatic rings. The van der Waals surface area contributed by atoms with Crippen molar-refractivity contribution >= 4 is 5.97 Å². The van der Waals surface area contributed by atoms with E-state index in [0.717, 1.165) is 25.9 Å². The van der Waals surface area contributed by atoms with Gasteiger partial charge in [0.05, 0.1) is 0 Å². The zero-order valence-electron chi connectivity index (χ0n) is 12.3. The van der Waals surface area contributed by atoms with Crippen LogP contribution >= 0.6 is 0 Å². The number of nitrogens with zero attached hydrogens (tertiary/aromatic N) is 1. The fraction of sp³-hybridized carbons (Fsp3) is 0.588. The van der Waals surface area contributed by atoms with Gasteiger partial charge in [0.2, 0.25) is 0 Å². The van der Waals surface area contributed by atoms with Crippen LogP contribution < -0.4 is 0 Å². The number of rotatable bonds is 7. The summed E-state index contributed by atoms with van der Waals surface area (Å²) in [7, 11) is 0. The molecule has 1 heterocycles. The van der Waals surface area contributed by atoms with Crippen LogP contribution in [-0.2, 0) is 4.79 Å². The van der Waals surface area contributed by atoms with Gasteiger partial charge >= 0.3 is 5.97 Å². The summed E-state index contributed by atoms with van der Waals surface area (Å²) in [6, 6.07) is 11.3. The number of benzene rings is 1. The lowest BCUT2D eigenvalue weighted by molar-refractivity contribution is -0.137. The number of likely N-dealkylation sites (tertiary alicyclic amines) is 1. The van der Waals surface area contributed by atoms with E-state index in [1.54, 1.807) is 0 Å². The molecule has 2 unspecified atom stereocenters. The van der Waals surface area contributed by atoms with E-state index in [4.69, 9.17) is 5.11 Å². The highest BCUT2D eigenvalue weighted by atomic mass is 16.4. The van der Waals surface area contributed by atoms with Crippen molar-refractivity contribution in [2.24, 2.45) is 0 Å². The molecule has 0 aromatic heterocycles. The van der Waals surface area contributed by atoms with Crippen molar-refractivity contribution in [3.63, 3.8) is 0 Å². The second kappa shape index (κ2) is 7.44. The van der Waals surface area contributed by atoms with E-state index in [2.05, 4.69) is 42.2 Å². The molecule has 3 nitrogen and oxygen atoms in total. The van der Waals surface area contributed by atoms with Gasteiger partial charge in [-0.15, -0.1) is 0 Å². The normalized spacial score (nSPS) is 20.9. The van der Waals surface area contributed by atoms with E-state index >= 15 is 0 Å². The molecule has 3 heteroatoms. The molecule has 1 N–H and O–H groups in total. The molecular formula is C17H25NO2. The van der Waals surface area contributed by atoms with Gasteiger partial charge in [-0.3, -0.25) is 9.69 Å². The minimum Gasteiger partial charge on any atom is -0.481 e. The molecule has 1 aliphatic rings. The monoisotopic (exact) mass is 275 g/mol. The molecule has 0 radical (unpaired) electrons. The summed E-state index contributed by atoms with van der Waals surface area (Å²) in [5.74, 6) is -0.112. The van der Waals surface area contributed by atoms with Crippen molar-refractivity contribution in [3.05, 3.63) is 35.9 Å². The van der Waals surface area contributed by atoms with E-state index in [-0.39, 0.29) is 6.42 Å². The van der Waals surface area contributed by atoms with Gasteiger partial charge in [-0.25, -0.2) is 0 Å². The molecule has 1 saturated heterocycles. The largest absolute Gasteiger partial charge is 0.481 e. The predicted molar refractivity (Wildman–Crippen MR) is 80.9 cm³/mol. The van der Waals surface area contributed by atoms with Crippen LogP contribution in [0.2, 0.25) is 0 Å². The molecule has 0 saturated carbocycles. The molecule has 0 bridgehead atoms. The average Bonchev–Trinajstić information content (AvgIpc) is 2.89. The van der Waals surface area contributed by atoms with Gasteiger partial charge in [0.25, 0.3) is 0 Å². The van der Waals surface area contributed by atoms with Crippen LogP contribution in [0.15, 0.2) is 30.3 Å². The molecular weight excluding hydrogens is 250 g/mol. The second-order valence-corrected chi connectivity index (χ2v) is 5.67. The number of hydrogen-bond acceptors (Lipinski definition) is 2. The number of aliphatic carboxylic acids is 1. The van der Waals surface area contributed by atoms with E-state index in [9.17, 15) is 4.79 Å². The van der Waals surface area contributed by atoms with E-state index in [1.165, 1.54) is 18.4 Å². The fourth-order valence-corrected chi connectivity index (χ4v) is 3.45. The van der Waals surface area contributed by atoms with Crippen molar-refractivity contribution in [1.29, 1.82) is 0 Å². The minimum atomic E-state index is -0.684. The zero-order valence-corrected chi connectivity index (χ0v) is 12.3. The topological polar surface area (TPSA) is 40.5 Å². The standard InChI is InChI=1S/C17H25NO2/c1-2-15(14-8-4-3-5-9-14)16-10-6-12-18(16)13-7-11-17(19)20/h3-5,8-9,15-16H,2,6-7,10-13H2,1H3,(H,19,20). The third-order valence-corrected chi connectivity index (χ3v) is 4.38. The van der Waals surface area contributed by atoms with Crippen molar-refractivity contribution in [2.75, 3.05) is 13.1 Å². The van der Waals surface area contributed by atoms with Gasteiger partial charge < -0.3 is 5.11 Å². The van der Waals surface area contributed by atoms with E-state index in [1.807, 2.05) is 0 Å². The van der Waals surface area contributed by atoms with Gasteiger partial charge in [0, 0.05) is 12.5 Å². The van der Waals surface area contributed by atoms with Gasteiger partial charge in [0.1, 0.15) is 0 Å². The lowest BCUT2D eigenvalue weighted by atomic mass is 9.87. The highest BCUT2D eigenvalue weighted by molar-refractivity contribution is 5.66. The Kier molecular flexibility index (Phi) is 5.60. The predicted octanol–water partition coefficient (Wildman–Crippen LogP) is 3.51. The van der Waals surface area contributed by atoms with Crippen LogP contribution in [0, 0.1) is 0 Å². The van der Waals surface area contributed by atoms with Gasteiger partial charge in [-0.1, -0.05) is 37.3 Å². The van der Waals surface area contributed by atoms with Crippen molar-refractivity contribution in [3.8, 4) is 0 Å². The maximum absolute atomic E-state index is 10.6. The Balaban J connectivity index is 1.99. The number of carboxylic acids is 1. The van der Waals surface area contributed by atoms with Crippen LogP contribution in [-0.4, -0.2) is 35.1 Å². The Morgan fingerprint density at radius 3 is 2.80 bits per heavy atom. The number of carboxylic acid groups (broad SMARTS) is 1. The fourth-order valence-electron chi connectivity index (χ4n) is 3.45. The highest BCUT2D eigenvalue weighted by Crippen LogP contribution is 2.33. The minimum absolute atomic E-state index is 0.283. The van der Waals surface area contributed by atoms with E-state index in [0.29, 0.717) is 12.0 Å². The van der Waals surface area contributed by atoms with Gasteiger partial charge in [0.15, 0.2) is 0 Å². The summed E-state index contributed by atoms with van der Waals surface area (Å²) in [4.78, 5) is 13.2. The SMILES string of the molecule is CCC(c1ccccc1)C1CCCN1CCCC(=O)O. The second-order valence-electron chi connectivity index (χ2n) is 5.67. The molecule has 20 heavy (non-hydrogen) atoms. The van der Waals surface area contributed by atoms with Crippen molar-refractivity contribution in [1.82, 2.24) is 4.90 Å². The molecule has 2 rings (SSSR count). The number of hydrogen-bond donors (Lipinski definition) is 1. The Hall–Kier alpha value is -1.35. The zero-order chi connectivity index (χ0) is 14.4. The lowest BCUT2D eigenvalue weighted by Gasteiger charge is -2.31. The Morgan fingerprint density at radius 1 is 1.40 bits per heavy atom. The van der Waals surface area contributed by atoms with Crippen LogP contribution in [0.1, 0.15) is 50.5 Å². The van der Waals surface area contributed by atoms with Crippen LogP contribution in [0.3, 0.4) is 0 Å². The molecule has 1 aliphatic heterocycles.